The first-order chi connectivity index (χ1) is 12.8. The summed E-state index contributed by atoms with van der Waals surface area (Å²) in [5, 5.41) is 3.15. The van der Waals surface area contributed by atoms with E-state index in [1.54, 1.807) is 50.4 Å². The first kappa shape index (κ1) is 19.3. The molecule has 27 heavy (non-hydrogen) atoms. The largest absolute Gasteiger partial charge is 0.497 e. The molecule has 9 heteroatoms. The number of hydrogen-bond acceptors (Lipinski definition) is 6. The van der Waals surface area contributed by atoms with Gasteiger partial charge in [0.2, 0.25) is 10.0 Å². The van der Waals surface area contributed by atoms with Crippen LogP contribution in [0.4, 0.5) is 5.13 Å². The van der Waals surface area contributed by atoms with Crippen molar-refractivity contribution in [2.75, 3.05) is 26.0 Å². The number of amides is 1. The Kier molecular flexibility index (Phi) is 5.45. The molecule has 1 aromatic heterocycles. The molecule has 142 valence electrons. The zero-order valence-corrected chi connectivity index (χ0v) is 16.7. The highest BCUT2D eigenvalue weighted by atomic mass is 32.2. The lowest BCUT2D eigenvalue weighted by Crippen LogP contribution is -2.26. The quantitative estimate of drug-likeness (QED) is 0.680. The maximum Gasteiger partial charge on any atom is 0.257 e. The highest BCUT2D eigenvalue weighted by Crippen LogP contribution is 2.29. The third-order valence-corrected chi connectivity index (χ3v) is 6.95. The summed E-state index contributed by atoms with van der Waals surface area (Å²) in [6, 6.07) is 11.5. The number of hydrogen-bond donors (Lipinski definition) is 1. The minimum Gasteiger partial charge on any atom is -0.497 e. The lowest BCUT2D eigenvalue weighted by Gasteiger charge is -2.14. The Labute approximate surface area is 161 Å². The molecule has 3 rings (SSSR count). The Morgan fingerprint density at radius 2 is 1.93 bits per heavy atom. The number of nitrogens with one attached hydrogen (secondary N) is 1. The van der Waals surface area contributed by atoms with Crippen LogP contribution in [-0.4, -0.2) is 44.3 Å². The number of sulfonamides is 1. The SMILES string of the molecule is CCN(C)S(=O)(=O)c1ccc2nc(NC(=O)c3ccc(OC)cc3)sc2c1. The Balaban J connectivity index is 1.85. The number of carbonyl (C=O) groups is 1. The van der Waals surface area contributed by atoms with E-state index in [0.717, 1.165) is 0 Å². The molecule has 2 aromatic carbocycles. The summed E-state index contributed by atoms with van der Waals surface area (Å²) >= 11 is 1.23. The molecule has 1 amide bonds. The van der Waals surface area contributed by atoms with Crippen molar-refractivity contribution in [2.45, 2.75) is 11.8 Å². The standard InChI is InChI=1S/C18H19N3O4S2/c1-4-21(2)27(23,24)14-9-10-15-16(11-14)26-18(19-15)20-17(22)12-5-7-13(25-3)8-6-12/h5-11H,4H2,1-3H3,(H,19,20,22). The molecule has 0 aliphatic rings. The van der Waals surface area contributed by atoms with Crippen LogP contribution in [0.3, 0.4) is 0 Å². The zero-order valence-electron chi connectivity index (χ0n) is 15.1. The summed E-state index contributed by atoms with van der Waals surface area (Å²) in [5.41, 5.74) is 1.10. The molecular formula is C18H19N3O4S2. The van der Waals surface area contributed by atoms with Crippen molar-refractivity contribution >= 4 is 42.6 Å². The zero-order chi connectivity index (χ0) is 19.6. The van der Waals surface area contributed by atoms with Gasteiger partial charge in [0, 0.05) is 19.2 Å². The molecule has 0 radical (unpaired) electrons. The monoisotopic (exact) mass is 405 g/mol. The van der Waals surface area contributed by atoms with Gasteiger partial charge in [0.15, 0.2) is 5.13 Å². The van der Waals surface area contributed by atoms with Gasteiger partial charge in [-0.05, 0) is 42.5 Å². The summed E-state index contributed by atoms with van der Waals surface area (Å²) in [4.78, 5) is 16.9. The number of thiazole rings is 1. The van der Waals surface area contributed by atoms with E-state index in [2.05, 4.69) is 10.3 Å². The van der Waals surface area contributed by atoms with Crippen LogP contribution in [0.5, 0.6) is 5.75 Å². The number of fused-ring (bicyclic) bond motifs is 1. The van der Waals surface area contributed by atoms with E-state index in [9.17, 15) is 13.2 Å². The molecule has 0 aliphatic carbocycles. The van der Waals surface area contributed by atoms with E-state index in [1.165, 1.54) is 28.8 Å². The average Bonchev–Trinajstić information content (AvgIpc) is 3.08. The number of ether oxygens (including phenoxy) is 1. The van der Waals surface area contributed by atoms with Gasteiger partial charge in [0.25, 0.3) is 5.91 Å². The van der Waals surface area contributed by atoms with Gasteiger partial charge < -0.3 is 4.74 Å². The summed E-state index contributed by atoms with van der Waals surface area (Å²) in [6.45, 7) is 2.15. The van der Waals surface area contributed by atoms with Crippen LogP contribution >= 0.6 is 11.3 Å². The number of carbonyl (C=O) groups excluding carboxylic acids is 1. The summed E-state index contributed by atoms with van der Waals surface area (Å²) in [6.07, 6.45) is 0. The number of nitrogens with zero attached hydrogens (tertiary/aromatic N) is 2. The highest BCUT2D eigenvalue weighted by molar-refractivity contribution is 7.89. The van der Waals surface area contributed by atoms with Crippen LogP contribution in [0, 0.1) is 0 Å². The topological polar surface area (TPSA) is 88.6 Å². The van der Waals surface area contributed by atoms with Gasteiger partial charge in [-0.1, -0.05) is 18.3 Å². The Morgan fingerprint density at radius 1 is 1.22 bits per heavy atom. The van der Waals surface area contributed by atoms with E-state index in [1.807, 2.05) is 0 Å². The van der Waals surface area contributed by atoms with Crippen molar-refractivity contribution in [3.8, 4) is 5.75 Å². The molecule has 0 unspecified atom stereocenters. The smallest absolute Gasteiger partial charge is 0.257 e. The fraction of sp³-hybridized carbons (Fsp3) is 0.222. The van der Waals surface area contributed by atoms with Crippen molar-refractivity contribution < 1.29 is 17.9 Å². The molecule has 0 bridgehead atoms. The average molecular weight is 406 g/mol. The lowest BCUT2D eigenvalue weighted by atomic mass is 10.2. The van der Waals surface area contributed by atoms with Crippen molar-refractivity contribution in [1.82, 2.24) is 9.29 Å². The van der Waals surface area contributed by atoms with Crippen LogP contribution in [-0.2, 0) is 10.0 Å². The minimum atomic E-state index is -3.53. The van der Waals surface area contributed by atoms with Gasteiger partial charge in [-0.3, -0.25) is 10.1 Å². The Hall–Kier alpha value is -2.49. The molecule has 1 N–H and O–H groups in total. The van der Waals surface area contributed by atoms with E-state index < -0.39 is 10.0 Å². The predicted molar refractivity (Wildman–Crippen MR) is 106 cm³/mol. The number of benzene rings is 2. The van der Waals surface area contributed by atoms with Crippen LogP contribution < -0.4 is 10.1 Å². The first-order valence-electron chi connectivity index (χ1n) is 8.17. The molecule has 0 spiro atoms. The molecular weight excluding hydrogens is 386 g/mol. The second-order valence-corrected chi connectivity index (χ2v) is 8.83. The fourth-order valence-corrected chi connectivity index (χ4v) is 4.56. The highest BCUT2D eigenvalue weighted by Gasteiger charge is 2.20. The number of methoxy groups -OCH3 is 1. The second kappa shape index (κ2) is 7.63. The normalized spacial score (nSPS) is 11.7. The lowest BCUT2D eigenvalue weighted by molar-refractivity contribution is 0.102. The molecule has 7 nitrogen and oxygen atoms in total. The van der Waals surface area contributed by atoms with E-state index in [4.69, 9.17) is 4.74 Å². The van der Waals surface area contributed by atoms with Crippen LogP contribution in [0.1, 0.15) is 17.3 Å². The third-order valence-electron chi connectivity index (χ3n) is 4.09. The summed E-state index contributed by atoms with van der Waals surface area (Å²) in [5.74, 6) is 0.368. The molecule has 3 aromatic rings. The molecule has 0 atom stereocenters. The third kappa shape index (κ3) is 3.95. The van der Waals surface area contributed by atoms with Crippen molar-refractivity contribution in [2.24, 2.45) is 0 Å². The summed E-state index contributed by atoms with van der Waals surface area (Å²) in [7, 11) is -0.438. The van der Waals surface area contributed by atoms with Gasteiger partial charge >= 0.3 is 0 Å². The number of aromatic nitrogens is 1. The predicted octanol–water partition coefficient (Wildman–Crippen LogP) is 3.20. The van der Waals surface area contributed by atoms with Crippen LogP contribution in [0.2, 0.25) is 0 Å². The van der Waals surface area contributed by atoms with Gasteiger partial charge in [-0.2, -0.15) is 0 Å². The number of anilines is 1. The van der Waals surface area contributed by atoms with E-state index >= 15 is 0 Å². The maximum atomic E-state index is 12.5. The van der Waals surface area contributed by atoms with Crippen LogP contribution in [0.25, 0.3) is 10.2 Å². The maximum absolute atomic E-state index is 12.5. The molecule has 0 saturated heterocycles. The van der Waals surface area contributed by atoms with Gasteiger partial charge in [-0.25, -0.2) is 17.7 Å². The fourth-order valence-electron chi connectivity index (χ4n) is 2.38. The van der Waals surface area contributed by atoms with Crippen molar-refractivity contribution in [3.63, 3.8) is 0 Å². The number of rotatable bonds is 6. The van der Waals surface area contributed by atoms with Gasteiger partial charge in [0.05, 0.1) is 22.2 Å². The molecule has 0 fully saturated rings. The van der Waals surface area contributed by atoms with Crippen molar-refractivity contribution in [3.05, 3.63) is 48.0 Å². The van der Waals surface area contributed by atoms with Gasteiger partial charge in [0.1, 0.15) is 5.75 Å². The molecule has 0 aliphatic heterocycles. The molecule has 1 heterocycles. The van der Waals surface area contributed by atoms with Crippen LogP contribution in [0.15, 0.2) is 47.4 Å². The minimum absolute atomic E-state index is 0.205. The summed E-state index contributed by atoms with van der Waals surface area (Å²) < 4.78 is 32.0. The Bertz CT molecular complexity index is 1080. The van der Waals surface area contributed by atoms with Crippen molar-refractivity contribution in [1.29, 1.82) is 0 Å². The Morgan fingerprint density at radius 3 is 2.56 bits per heavy atom. The first-order valence-corrected chi connectivity index (χ1v) is 10.4. The van der Waals surface area contributed by atoms with E-state index in [-0.39, 0.29) is 10.8 Å². The second-order valence-electron chi connectivity index (χ2n) is 5.75. The van der Waals surface area contributed by atoms with Gasteiger partial charge in [-0.15, -0.1) is 0 Å². The van der Waals surface area contributed by atoms with E-state index in [0.29, 0.717) is 33.2 Å². The molecule has 0 saturated carbocycles.